The molecule has 0 N–H and O–H groups in total. The van der Waals surface area contributed by atoms with E-state index in [-0.39, 0.29) is 0 Å². The van der Waals surface area contributed by atoms with Crippen molar-refractivity contribution < 1.29 is 9.15 Å². The molecule has 0 aromatic carbocycles. The van der Waals surface area contributed by atoms with E-state index in [1.807, 2.05) is 13.8 Å². The van der Waals surface area contributed by atoms with Crippen LogP contribution in [0.15, 0.2) is 10.7 Å². The van der Waals surface area contributed by atoms with Crippen molar-refractivity contribution in [3.63, 3.8) is 0 Å². The Labute approximate surface area is 60.0 Å². The molecule has 3 nitrogen and oxygen atoms in total. The zero-order chi connectivity index (χ0) is 7.40. The van der Waals surface area contributed by atoms with Gasteiger partial charge in [0.1, 0.15) is 12.9 Å². The maximum atomic E-state index is 5.08. The second kappa shape index (κ2) is 3.37. The molecule has 0 amide bonds. The monoisotopic (exact) mass is 141 g/mol. The molecule has 1 heterocycles. The summed E-state index contributed by atoms with van der Waals surface area (Å²) in [6.07, 6.45) is 1.62. The first-order valence-electron chi connectivity index (χ1n) is 3.31. The number of ether oxygens (including phenoxy) is 1. The van der Waals surface area contributed by atoms with Gasteiger partial charge in [0.25, 0.3) is 0 Å². The predicted molar refractivity (Wildman–Crippen MR) is 36.6 cm³/mol. The molecule has 56 valence electrons. The van der Waals surface area contributed by atoms with E-state index in [1.165, 1.54) is 0 Å². The van der Waals surface area contributed by atoms with Crippen molar-refractivity contribution in [2.75, 3.05) is 6.61 Å². The third kappa shape index (κ3) is 1.84. The van der Waals surface area contributed by atoms with E-state index >= 15 is 0 Å². The van der Waals surface area contributed by atoms with E-state index in [0.717, 1.165) is 5.69 Å². The standard InChI is InChI=1S/C7H11NO2/c1-3-9-5-7-8-6(2)4-10-7/h4H,3,5H2,1-2H3. The lowest BCUT2D eigenvalue weighted by Gasteiger charge is -1.92. The van der Waals surface area contributed by atoms with Gasteiger partial charge in [-0.1, -0.05) is 0 Å². The smallest absolute Gasteiger partial charge is 0.220 e. The topological polar surface area (TPSA) is 35.3 Å². The molecular weight excluding hydrogens is 130 g/mol. The van der Waals surface area contributed by atoms with Gasteiger partial charge in [0.15, 0.2) is 0 Å². The van der Waals surface area contributed by atoms with E-state index in [1.54, 1.807) is 6.26 Å². The molecule has 0 saturated carbocycles. The fourth-order valence-corrected chi connectivity index (χ4v) is 0.658. The molecule has 0 saturated heterocycles. The Kier molecular flexibility index (Phi) is 2.45. The van der Waals surface area contributed by atoms with E-state index in [9.17, 15) is 0 Å². The summed E-state index contributed by atoms with van der Waals surface area (Å²) in [7, 11) is 0. The average molecular weight is 141 g/mol. The Morgan fingerprint density at radius 1 is 1.70 bits per heavy atom. The lowest BCUT2D eigenvalue weighted by molar-refractivity contribution is 0.114. The van der Waals surface area contributed by atoms with Gasteiger partial charge in [0.05, 0.1) is 5.69 Å². The van der Waals surface area contributed by atoms with Crippen LogP contribution in [-0.2, 0) is 11.3 Å². The average Bonchev–Trinajstić information content (AvgIpc) is 2.31. The first-order valence-corrected chi connectivity index (χ1v) is 3.31. The van der Waals surface area contributed by atoms with Crippen molar-refractivity contribution in [2.24, 2.45) is 0 Å². The highest BCUT2D eigenvalue weighted by atomic mass is 16.5. The van der Waals surface area contributed by atoms with Crippen LogP contribution >= 0.6 is 0 Å². The maximum absolute atomic E-state index is 5.08. The fourth-order valence-electron chi connectivity index (χ4n) is 0.658. The van der Waals surface area contributed by atoms with Gasteiger partial charge in [-0.15, -0.1) is 0 Å². The molecule has 0 aliphatic carbocycles. The van der Waals surface area contributed by atoms with E-state index < -0.39 is 0 Å². The van der Waals surface area contributed by atoms with Gasteiger partial charge < -0.3 is 9.15 Å². The van der Waals surface area contributed by atoms with Gasteiger partial charge >= 0.3 is 0 Å². The molecular formula is C7H11NO2. The number of rotatable bonds is 3. The number of oxazole rings is 1. The van der Waals surface area contributed by atoms with Gasteiger partial charge in [-0.2, -0.15) is 0 Å². The normalized spacial score (nSPS) is 10.2. The fraction of sp³-hybridized carbons (Fsp3) is 0.571. The summed E-state index contributed by atoms with van der Waals surface area (Å²) in [5, 5.41) is 0. The van der Waals surface area contributed by atoms with E-state index in [0.29, 0.717) is 19.1 Å². The van der Waals surface area contributed by atoms with Crippen LogP contribution in [0, 0.1) is 6.92 Å². The van der Waals surface area contributed by atoms with Crippen molar-refractivity contribution in [2.45, 2.75) is 20.5 Å². The van der Waals surface area contributed by atoms with Crippen LogP contribution < -0.4 is 0 Å². The van der Waals surface area contributed by atoms with Crippen LogP contribution in [0.1, 0.15) is 18.5 Å². The van der Waals surface area contributed by atoms with E-state index in [4.69, 9.17) is 9.15 Å². The minimum atomic E-state index is 0.477. The third-order valence-corrected chi connectivity index (χ3v) is 1.10. The van der Waals surface area contributed by atoms with Gasteiger partial charge in [0.2, 0.25) is 5.89 Å². The minimum Gasteiger partial charge on any atom is -0.446 e. The van der Waals surface area contributed by atoms with Crippen LogP contribution in [-0.4, -0.2) is 11.6 Å². The molecule has 0 radical (unpaired) electrons. The summed E-state index contributed by atoms with van der Waals surface area (Å²) in [5.41, 5.74) is 0.898. The summed E-state index contributed by atoms with van der Waals surface area (Å²) in [5.74, 6) is 0.652. The van der Waals surface area contributed by atoms with Crippen molar-refractivity contribution >= 4 is 0 Å². The highest BCUT2D eigenvalue weighted by Crippen LogP contribution is 2.00. The Hall–Kier alpha value is -0.830. The summed E-state index contributed by atoms with van der Waals surface area (Å²) in [4.78, 5) is 4.06. The Bertz CT molecular complexity index is 195. The number of hydrogen-bond acceptors (Lipinski definition) is 3. The van der Waals surface area contributed by atoms with Gasteiger partial charge in [0, 0.05) is 6.61 Å². The summed E-state index contributed by atoms with van der Waals surface area (Å²) >= 11 is 0. The van der Waals surface area contributed by atoms with Crippen LogP contribution in [0.25, 0.3) is 0 Å². The second-order valence-corrected chi connectivity index (χ2v) is 2.02. The highest BCUT2D eigenvalue weighted by Gasteiger charge is 1.97. The molecule has 0 aliphatic heterocycles. The van der Waals surface area contributed by atoms with Crippen molar-refractivity contribution in [1.29, 1.82) is 0 Å². The zero-order valence-electron chi connectivity index (χ0n) is 6.26. The maximum Gasteiger partial charge on any atom is 0.220 e. The zero-order valence-corrected chi connectivity index (χ0v) is 6.26. The molecule has 10 heavy (non-hydrogen) atoms. The predicted octanol–water partition coefficient (Wildman–Crippen LogP) is 1.52. The number of hydrogen-bond donors (Lipinski definition) is 0. The molecule has 0 atom stereocenters. The van der Waals surface area contributed by atoms with Crippen LogP contribution in [0.5, 0.6) is 0 Å². The first kappa shape index (κ1) is 7.28. The number of aromatic nitrogens is 1. The van der Waals surface area contributed by atoms with Crippen LogP contribution in [0.4, 0.5) is 0 Å². The molecule has 0 unspecified atom stereocenters. The third-order valence-electron chi connectivity index (χ3n) is 1.10. The summed E-state index contributed by atoms with van der Waals surface area (Å²) in [6, 6.07) is 0. The van der Waals surface area contributed by atoms with E-state index in [2.05, 4.69) is 4.98 Å². The molecule has 1 aromatic rings. The lowest BCUT2D eigenvalue weighted by Crippen LogP contribution is -1.91. The van der Waals surface area contributed by atoms with Crippen molar-refractivity contribution in [3.05, 3.63) is 17.8 Å². The quantitative estimate of drug-likeness (QED) is 0.640. The largest absolute Gasteiger partial charge is 0.446 e. The van der Waals surface area contributed by atoms with Crippen LogP contribution in [0.2, 0.25) is 0 Å². The van der Waals surface area contributed by atoms with Crippen molar-refractivity contribution in [3.8, 4) is 0 Å². The molecule has 1 aromatic heterocycles. The minimum absolute atomic E-state index is 0.477. The van der Waals surface area contributed by atoms with Gasteiger partial charge in [-0.05, 0) is 13.8 Å². The molecule has 0 fully saturated rings. The SMILES string of the molecule is CCOCc1nc(C)co1. The summed E-state index contributed by atoms with van der Waals surface area (Å²) < 4.78 is 10.1. The highest BCUT2D eigenvalue weighted by molar-refractivity contribution is 4.91. The number of nitrogens with zero attached hydrogens (tertiary/aromatic N) is 1. The molecule has 1 rings (SSSR count). The molecule has 0 bridgehead atoms. The Morgan fingerprint density at radius 2 is 2.50 bits per heavy atom. The molecule has 3 heteroatoms. The summed E-state index contributed by atoms with van der Waals surface area (Å²) in [6.45, 7) is 5.00. The van der Waals surface area contributed by atoms with Crippen LogP contribution in [0.3, 0.4) is 0 Å². The lowest BCUT2D eigenvalue weighted by atomic mass is 10.6. The molecule has 0 spiro atoms. The molecule has 0 aliphatic rings. The Balaban J connectivity index is 2.42. The Morgan fingerprint density at radius 3 is 3.00 bits per heavy atom. The number of aryl methyl sites for hydroxylation is 1. The second-order valence-electron chi connectivity index (χ2n) is 2.02. The van der Waals surface area contributed by atoms with Crippen molar-refractivity contribution in [1.82, 2.24) is 4.98 Å². The van der Waals surface area contributed by atoms with Gasteiger partial charge in [-0.3, -0.25) is 0 Å². The first-order chi connectivity index (χ1) is 4.83. The van der Waals surface area contributed by atoms with Gasteiger partial charge in [-0.25, -0.2) is 4.98 Å².